The predicted octanol–water partition coefficient (Wildman–Crippen LogP) is 4.37. The van der Waals surface area contributed by atoms with Gasteiger partial charge in [-0.1, -0.05) is 29.8 Å². The molecule has 2 aromatic rings. The van der Waals surface area contributed by atoms with Gasteiger partial charge in [-0.2, -0.15) is 0 Å². The Labute approximate surface area is 150 Å². The molecule has 2 aromatic carbocycles. The fraction of sp³-hybridized carbons (Fsp3) is 0.278. The van der Waals surface area contributed by atoms with Crippen molar-refractivity contribution >= 4 is 39.1 Å². The lowest BCUT2D eigenvalue weighted by molar-refractivity contribution is 0.0747. The van der Waals surface area contributed by atoms with E-state index >= 15 is 0 Å². The third kappa shape index (κ3) is 3.54. The molecule has 1 heterocycles. The van der Waals surface area contributed by atoms with Crippen LogP contribution < -0.4 is 4.90 Å². The molecule has 1 amide bonds. The first-order valence-corrected chi connectivity index (χ1v) is 8.78. The van der Waals surface area contributed by atoms with Crippen LogP contribution in [-0.2, 0) is 0 Å². The molecule has 0 atom stereocenters. The minimum absolute atomic E-state index is 0.0122. The van der Waals surface area contributed by atoms with Gasteiger partial charge in [-0.05, 0) is 52.7 Å². The van der Waals surface area contributed by atoms with Gasteiger partial charge >= 0.3 is 0 Å². The number of halogens is 2. The largest absolute Gasteiger partial charge is 0.367 e. The highest BCUT2D eigenvalue weighted by Crippen LogP contribution is 2.28. The molecular weight excluding hydrogens is 376 g/mol. The molecule has 0 bridgehead atoms. The standard InChI is InChI=1S/C18H18BrClN2O/c1-13-6-7-17(15(19)12-13)21-8-10-22(11-9-21)18(23)14-4-2-3-5-16(14)20/h2-7,12H,8-11H2,1H3. The number of hydrogen-bond acceptors (Lipinski definition) is 2. The average molecular weight is 394 g/mol. The lowest BCUT2D eigenvalue weighted by Gasteiger charge is -2.36. The summed E-state index contributed by atoms with van der Waals surface area (Å²) in [7, 11) is 0. The van der Waals surface area contributed by atoms with E-state index in [2.05, 4.69) is 46.0 Å². The number of anilines is 1. The summed E-state index contributed by atoms with van der Waals surface area (Å²) in [6.45, 7) is 5.11. The van der Waals surface area contributed by atoms with Crippen molar-refractivity contribution in [2.75, 3.05) is 31.1 Å². The second-order valence-corrected chi connectivity index (χ2v) is 6.98. The Balaban J connectivity index is 1.69. The molecule has 0 unspecified atom stereocenters. The molecule has 3 rings (SSSR count). The van der Waals surface area contributed by atoms with Gasteiger partial charge in [-0.25, -0.2) is 0 Å². The van der Waals surface area contributed by atoms with E-state index in [-0.39, 0.29) is 5.91 Å². The van der Waals surface area contributed by atoms with Crippen LogP contribution in [-0.4, -0.2) is 37.0 Å². The fourth-order valence-electron chi connectivity index (χ4n) is 2.82. The SMILES string of the molecule is Cc1ccc(N2CCN(C(=O)c3ccccc3Cl)CC2)c(Br)c1. The summed E-state index contributed by atoms with van der Waals surface area (Å²) in [6, 6.07) is 13.6. The molecule has 1 fully saturated rings. The van der Waals surface area contributed by atoms with Crippen LogP contribution in [0.5, 0.6) is 0 Å². The number of piperazine rings is 1. The van der Waals surface area contributed by atoms with E-state index in [0.717, 1.165) is 17.6 Å². The van der Waals surface area contributed by atoms with Crippen molar-refractivity contribution in [1.29, 1.82) is 0 Å². The van der Waals surface area contributed by atoms with E-state index < -0.39 is 0 Å². The van der Waals surface area contributed by atoms with Gasteiger partial charge in [0.25, 0.3) is 5.91 Å². The Kier molecular flexibility index (Phi) is 4.93. The molecule has 0 radical (unpaired) electrons. The fourth-order valence-corrected chi connectivity index (χ4v) is 3.78. The summed E-state index contributed by atoms with van der Waals surface area (Å²) in [4.78, 5) is 16.8. The summed E-state index contributed by atoms with van der Waals surface area (Å²) in [6.07, 6.45) is 0. The van der Waals surface area contributed by atoms with E-state index in [1.54, 1.807) is 12.1 Å². The van der Waals surface area contributed by atoms with E-state index in [1.165, 1.54) is 11.3 Å². The first-order valence-electron chi connectivity index (χ1n) is 7.61. The third-order valence-electron chi connectivity index (χ3n) is 4.12. The van der Waals surface area contributed by atoms with E-state index in [9.17, 15) is 4.79 Å². The molecule has 1 saturated heterocycles. The monoisotopic (exact) mass is 392 g/mol. The Morgan fingerprint density at radius 3 is 2.43 bits per heavy atom. The number of benzene rings is 2. The number of carbonyl (C=O) groups excluding carboxylic acids is 1. The number of carbonyl (C=O) groups is 1. The first kappa shape index (κ1) is 16.3. The molecule has 120 valence electrons. The minimum atomic E-state index is 0.0122. The zero-order valence-electron chi connectivity index (χ0n) is 12.9. The van der Waals surface area contributed by atoms with Crippen molar-refractivity contribution in [1.82, 2.24) is 4.90 Å². The van der Waals surface area contributed by atoms with Gasteiger partial charge in [0.15, 0.2) is 0 Å². The summed E-state index contributed by atoms with van der Waals surface area (Å²) >= 11 is 9.77. The van der Waals surface area contributed by atoms with Crippen LogP contribution in [0.25, 0.3) is 0 Å². The van der Waals surface area contributed by atoms with Crippen LogP contribution in [0.4, 0.5) is 5.69 Å². The number of nitrogens with zero attached hydrogens (tertiary/aromatic N) is 2. The van der Waals surface area contributed by atoms with Crippen LogP contribution in [0, 0.1) is 6.92 Å². The first-order chi connectivity index (χ1) is 11.1. The van der Waals surface area contributed by atoms with Crippen molar-refractivity contribution in [2.24, 2.45) is 0 Å². The zero-order valence-corrected chi connectivity index (χ0v) is 15.3. The Bertz CT molecular complexity index is 727. The molecule has 0 spiro atoms. The maximum Gasteiger partial charge on any atom is 0.255 e. The number of aryl methyl sites for hydroxylation is 1. The third-order valence-corrected chi connectivity index (χ3v) is 5.08. The minimum Gasteiger partial charge on any atom is -0.367 e. The van der Waals surface area contributed by atoms with Crippen molar-refractivity contribution in [3.63, 3.8) is 0 Å². The predicted molar refractivity (Wildman–Crippen MR) is 98.4 cm³/mol. The van der Waals surface area contributed by atoms with Gasteiger partial charge < -0.3 is 9.80 Å². The van der Waals surface area contributed by atoms with Crippen LogP contribution in [0.1, 0.15) is 15.9 Å². The summed E-state index contributed by atoms with van der Waals surface area (Å²) < 4.78 is 1.10. The topological polar surface area (TPSA) is 23.6 Å². The maximum absolute atomic E-state index is 12.6. The molecule has 3 nitrogen and oxygen atoms in total. The Morgan fingerprint density at radius 1 is 1.09 bits per heavy atom. The summed E-state index contributed by atoms with van der Waals surface area (Å²) in [5, 5.41) is 0.515. The van der Waals surface area contributed by atoms with Gasteiger partial charge in [0.05, 0.1) is 16.3 Å². The van der Waals surface area contributed by atoms with Crippen molar-refractivity contribution in [3.8, 4) is 0 Å². The van der Waals surface area contributed by atoms with Gasteiger partial charge in [0.2, 0.25) is 0 Å². The van der Waals surface area contributed by atoms with Crippen LogP contribution in [0.2, 0.25) is 5.02 Å². The van der Waals surface area contributed by atoms with Gasteiger partial charge in [0, 0.05) is 30.7 Å². The second kappa shape index (κ2) is 6.93. The van der Waals surface area contributed by atoms with E-state index in [1.807, 2.05) is 17.0 Å². The molecule has 23 heavy (non-hydrogen) atoms. The van der Waals surface area contributed by atoms with E-state index in [4.69, 9.17) is 11.6 Å². The zero-order chi connectivity index (χ0) is 16.4. The number of rotatable bonds is 2. The van der Waals surface area contributed by atoms with Gasteiger partial charge in [-0.15, -0.1) is 0 Å². The highest BCUT2D eigenvalue weighted by Gasteiger charge is 2.24. The highest BCUT2D eigenvalue weighted by molar-refractivity contribution is 9.10. The molecular formula is C18H18BrClN2O. The summed E-state index contributed by atoms with van der Waals surface area (Å²) in [5.74, 6) is 0.0122. The van der Waals surface area contributed by atoms with Gasteiger partial charge in [0.1, 0.15) is 0 Å². The average Bonchev–Trinajstić information content (AvgIpc) is 2.55. The van der Waals surface area contributed by atoms with Gasteiger partial charge in [-0.3, -0.25) is 4.79 Å². The molecule has 1 aliphatic heterocycles. The number of amides is 1. The molecule has 1 aliphatic rings. The van der Waals surface area contributed by atoms with Crippen molar-refractivity contribution in [3.05, 3.63) is 63.1 Å². The molecule has 0 N–H and O–H groups in total. The van der Waals surface area contributed by atoms with E-state index in [0.29, 0.717) is 23.7 Å². The normalized spacial score (nSPS) is 14.9. The maximum atomic E-state index is 12.6. The molecule has 5 heteroatoms. The Morgan fingerprint density at radius 2 is 1.78 bits per heavy atom. The van der Waals surface area contributed by atoms with Crippen LogP contribution in [0.3, 0.4) is 0 Å². The molecule has 0 aliphatic carbocycles. The lowest BCUT2D eigenvalue weighted by Crippen LogP contribution is -2.49. The molecule has 0 saturated carbocycles. The lowest BCUT2D eigenvalue weighted by atomic mass is 10.1. The Hall–Kier alpha value is -1.52. The van der Waals surface area contributed by atoms with Crippen LogP contribution in [0.15, 0.2) is 46.9 Å². The number of hydrogen-bond donors (Lipinski definition) is 0. The molecule has 0 aromatic heterocycles. The summed E-state index contributed by atoms with van der Waals surface area (Å²) in [5.41, 5.74) is 2.99. The van der Waals surface area contributed by atoms with Crippen LogP contribution >= 0.6 is 27.5 Å². The van der Waals surface area contributed by atoms with Crippen molar-refractivity contribution < 1.29 is 4.79 Å². The highest BCUT2D eigenvalue weighted by atomic mass is 79.9. The smallest absolute Gasteiger partial charge is 0.255 e. The van der Waals surface area contributed by atoms with Crippen molar-refractivity contribution in [2.45, 2.75) is 6.92 Å². The second-order valence-electron chi connectivity index (χ2n) is 5.71. The quantitative estimate of drug-likeness (QED) is 0.756.